The van der Waals surface area contributed by atoms with Crippen LogP contribution < -0.4 is 4.90 Å². The third kappa shape index (κ3) is 3.49. The molecule has 3 rings (SSSR count). The summed E-state index contributed by atoms with van der Waals surface area (Å²) in [4.78, 5) is 58.7. The Morgan fingerprint density at radius 2 is 2.04 bits per heavy atom. The van der Waals surface area contributed by atoms with E-state index in [1.165, 1.54) is 11.8 Å². The number of rotatable bonds is 4. The molecule has 0 saturated carbocycles. The highest BCUT2D eigenvalue weighted by atomic mass is 35.5. The number of amides is 2. The molecule has 2 unspecified atom stereocenters. The molecule has 2 saturated heterocycles. The van der Waals surface area contributed by atoms with Crippen LogP contribution in [-0.4, -0.2) is 47.7 Å². The molecule has 0 spiro atoms. The number of esters is 1. The zero-order chi connectivity index (χ0) is 18.8. The molecular weight excluding hydrogens is 368 g/mol. The third-order valence-corrected chi connectivity index (χ3v) is 4.22. The molecule has 0 N–H and O–H groups in total. The lowest BCUT2D eigenvalue weighted by atomic mass is 10.2. The highest BCUT2D eigenvalue weighted by Gasteiger charge is 2.44. The first-order valence-electron chi connectivity index (χ1n) is 7.81. The van der Waals surface area contributed by atoms with Crippen LogP contribution in [0.25, 0.3) is 0 Å². The average Bonchev–Trinajstić information content (AvgIpc) is 3.17. The minimum atomic E-state index is -1.08. The van der Waals surface area contributed by atoms with Crippen molar-refractivity contribution in [3.8, 4) is 0 Å². The van der Waals surface area contributed by atoms with Crippen LogP contribution in [0.3, 0.4) is 0 Å². The standard InChI is InChI=1S/C16H15ClN2O7/c1-9(20)18(11-5-3-2-4-10(11)17)12-8-24-19(15(12)22)26-16(23)13-6-7-14(21)25-13/h2-5,12-13H,6-8H2,1H3. The molecule has 0 radical (unpaired) electrons. The van der Waals surface area contributed by atoms with E-state index < -0.39 is 35.9 Å². The van der Waals surface area contributed by atoms with Crippen molar-refractivity contribution in [2.24, 2.45) is 0 Å². The van der Waals surface area contributed by atoms with Crippen LogP contribution in [0.4, 0.5) is 5.69 Å². The maximum Gasteiger partial charge on any atom is 0.375 e. The molecule has 2 amide bonds. The number of ether oxygens (including phenoxy) is 1. The van der Waals surface area contributed by atoms with E-state index in [4.69, 9.17) is 26.0 Å². The highest BCUT2D eigenvalue weighted by Crippen LogP contribution is 2.29. The van der Waals surface area contributed by atoms with Crippen molar-refractivity contribution < 1.29 is 33.6 Å². The van der Waals surface area contributed by atoms with Gasteiger partial charge in [-0.1, -0.05) is 23.7 Å². The van der Waals surface area contributed by atoms with Crippen molar-refractivity contribution in [3.63, 3.8) is 0 Å². The van der Waals surface area contributed by atoms with E-state index in [2.05, 4.69) is 0 Å². The maximum atomic E-state index is 12.5. The molecule has 0 aromatic heterocycles. The molecule has 1 aromatic rings. The second kappa shape index (κ2) is 7.30. The van der Waals surface area contributed by atoms with Gasteiger partial charge in [0.2, 0.25) is 12.0 Å². The van der Waals surface area contributed by atoms with Gasteiger partial charge in [-0.3, -0.25) is 19.3 Å². The Labute approximate surface area is 153 Å². The normalized spacial score (nSPS) is 22.3. The number of anilines is 1. The Bertz CT molecular complexity index is 769. The minimum Gasteiger partial charge on any atom is -0.450 e. The highest BCUT2D eigenvalue weighted by molar-refractivity contribution is 6.34. The van der Waals surface area contributed by atoms with Crippen molar-refractivity contribution in [1.82, 2.24) is 5.23 Å². The molecule has 0 aliphatic carbocycles. The molecule has 0 bridgehead atoms. The molecule has 2 aliphatic rings. The zero-order valence-corrected chi connectivity index (χ0v) is 14.5. The maximum absolute atomic E-state index is 12.5. The summed E-state index contributed by atoms with van der Waals surface area (Å²) in [6, 6.07) is 5.48. The molecule has 2 fully saturated rings. The number of carbonyl (C=O) groups is 4. The number of hydroxylamine groups is 2. The summed E-state index contributed by atoms with van der Waals surface area (Å²) in [6.45, 7) is 1.06. The molecular formula is C16H15ClN2O7. The Kier molecular flexibility index (Phi) is 5.10. The summed E-state index contributed by atoms with van der Waals surface area (Å²) in [5.74, 6) is -2.62. The van der Waals surface area contributed by atoms with Gasteiger partial charge >= 0.3 is 17.8 Å². The summed E-state index contributed by atoms with van der Waals surface area (Å²) in [7, 11) is 0. The summed E-state index contributed by atoms with van der Waals surface area (Å²) in [5, 5.41) is 0.690. The number of halogens is 1. The van der Waals surface area contributed by atoms with Crippen LogP contribution in [0.2, 0.25) is 5.02 Å². The van der Waals surface area contributed by atoms with Gasteiger partial charge in [-0.05, 0) is 17.4 Å². The van der Waals surface area contributed by atoms with Gasteiger partial charge < -0.3 is 9.57 Å². The van der Waals surface area contributed by atoms with E-state index in [1.807, 2.05) is 0 Å². The van der Waals surface area contributed by atoms with Crippen molar-refractivity contribution in [3.05, 3.63) is 29.3 Å². The lowest BCUT2D eigenvalue weighted by Gasteiger charge is -2.26. The minimum absolute atomic E-state index is 0.0990. The second-order valence-electron chi connectivity index (χ2n) is 5.67. The number of para-hydroxylation sites is 1. The number of hydrogen-bond donors (Lipinski definition) is 0. The first kappa shape index (κ1) is 18.2. The van der Waals surface area contributed by atoms with Gasteiger partial charge in [0.25, 0.3) is 0 Å². The van der Waals surface area contributed by atoms with Crippen molar-refractivity contribution in [2.45, 2.75) is 31.9 Å². The first-order chi connectivity index (χ1) is 12.4. The Morgan fingerprint density at radius 1 is 1.31 bits per heavy atom. The molecule has 1 aromatic carbocycles. The Morgan fingerprint density at radius 3 is 2.65 bits per heavy atom. The van der Waals surface area contributed by atoms with E-state index in [1.54, 1.807) is 24.3 Å². The number of benzene rings is 1. The van der Waals surface area contributed by atoms with Crippen LogP contribution in [0, 0.1) is 0 Å². The van der Waals surface area contributed by atoms with Crippen LogP contribution in [0.1, 0.15) is 19.8 Å². The summed E-state index contributed by atoms with van der Waals surface area (Å²) >= 11 is 6.12. The van der Waals surface area contributed by atoms with Crippen molar-refractivity contribution in [2.75, 3.05) is 11.5 Å². The van der Waals surface area contributed by atoms with Crippen LogP contribution in [0.15, 0.2) is 24.3 Å². The summed E-state index contributed by atoms with van der Waals surface area (Å²) in [5.41, 5.74) is 0.335. The van der Waals surface area contributed by atoms with Crippen molar-refractivity contribution in [1.29, 1.82) is 0 Å². The first-order valence-corrected chi connectivity index (χ1v) is 8.18. The van der Waals surface area contributed by atoms with Crippen LogP contribution in [-0.2, 0) is 33.6 Å². The number of carbonyl (C=O) groups excluding carboxylic acids is 4. The van der Waals surface area contributed by atoms with Gasteiger partial charge in [-0.2, -0.15) is 0 Å². The topological polar surface area (TPSA) is 102 Å². The Hall–Kier alpha value is -2.65. The molecule has 138 valence electrons. The average molecular weight is 383 g/mol. The molecule has 2 atom stereocenters. The van der Waals surface area contributed by atoms with Gasteiger partial charge in [0.15, 0.2) is 0 Å². The fraction of sp³-hybridized carbons (Fsp3) is 0.375. The molecule has 2 heterocycles. The van der Waals surface area contributed by atoms with Crippen LogP contribution in [0.5, 0.6) is 0 Å². The molecule has 10 heteroatoms. The smallest absolute Gasteiger partial charge is 0.375 e. The molecule has 9 nitrogen and oxygen atoms in total. The van der Waals surface area contributed by atoms with E-state index in [9.17, 15) is 19.2 Å². The fourth-order valence-corrected chi connectivity index (χ4v) is 2.91. The van der Waals surface area contributed by atoms with Gasteiger partial charge in [0.1, 0.15) is 12.6 Å². The number of cyclic esters (lactones) is 1. The lowest BCUT2D eigenvalue weighted by Crippen LogP contribution is -2.46. The van der Waals surface area contributed by atoms with Gasteiger partial charge in [-0.25, -0.2) is 9.63 Å². The SMILES string of the molecule is CC(=O)N(c1ccccc1Cl)C1CON(OC(=O)C2CCC(=O)O2)C1=O. The number of hydrogen-bond acceptors (Lipinski definition) is 7. The van der Waals surface area contributed by atoms with E-state index in [-0.39, 0.29) is 24.5 Å². The molecule has 26 heavy (non-hydrogen) atoms. The predicted octanol–water partition coefficient (Wildman–Crippen LogP) is 0.999. The largest absolute Gasteiger partial charge is 0.450 e. The Balaban J connectivity index is 1.73. The monoisotopic (exact) mass is 382 g/mol. The number of nitrogens with zero attached hydrogens (tertiary/aromatic N) is 2. The summed E-state index contributed by atoms with van der Waals surface area (Å²) in [6.07, 6.45) is -0.810. The van der Waals surface area contributed by atoms with Crippen LogP contribution >= 0.6 is 11.6 Å². The van der Waals surface area contributed by atoms with E-state index in [0.717, 1.165) is 0 Å². The predicted molar refractivity (Wildman–Crippen MR) is 86.4 cm³/mol. The van der Waals surface area contributed by atoms with E-state index in [0.29, 0.717) is 10.9 Å². The van der Waals surface area contributed by atoms with E-state index >= 15 is 0 Å². The van der Waals surface area contributed by atoms with Crippen molar-refractivity contribution >= 4 is 41.0 Å². The fourth-order valence-electron chi connectivity index (χ4n) is 2.69. The lowest BCUT2D eigenvalue weighted by molar-refractivity contribution is -0.306. The summed E-state index contributed by atoms with van der Waals surface area (Å²) < 4.78 is 4.78. The second-order valence-corrected chi connectivity index (χ2v) is 6.08. The zero-order valence-electron chi connectivity index (χ0n) is 13.7. The van der Waals surface area contributed by atoms with Gasteiger partial charge in [-0.15, -0.1) is 0 Å². The molecule has 2 aliphatic heterocycles. The van der Waals surface area contributed by atoms with Gasteiger partial charge in [0, 0.05) is 19.8 Å². The third-order valence-electron chi connectivity index (χ3n) is 3.90. The van der Waals surface area contributed by atoms with Gasteiger partial charge in [0.05, 0.1) is 10.7 Å². The quantitative estimate of drug-likeness (QED) is 0.715.